The summed E-state index contributed by atoms with van der Waals surface area (Å²) in [7, 11) is 0. The molecule has 1 aromatic rings. The molecule has 1 aromatic carbocycles. The normalized spacial score (nSPS) is 11.2. The molecule has 104 valence electrons. The molecule has 3 N–H and O–H groups in total. The molecule has 0 aliphatic carbocycles. The summed E-state index contributed by atoms with van der Waals surface area (Å²) in [6, 6.07) is 5.33. The summed E-state index contributed by atoms with van der Waals surface area (Å²) in [4.78, 5) is 12.7. The van der Waals surface area contributed by atoms with E-state index in [-0.39, 0.29) is 10.9 Å². The van der Waals surface area contributed by atoms with Crippen molar-refractivity contribution in [1.29, 1.82) is 0 Å². The number of thiocarbonyl (C=S) groups is 1. The van der Waals surface area contributed by atoms with E-state index in [1.807, 2.05) is 20.8 Å². The van der Waals surface area contributed by atoms with Gasteiger partial charge in [-0.05, 0) is 43.5 Å². The molecule has 0 aromatic heterocycles. The van der Waals surface area contributed by atoms with Crippen LogP contribution >= 0.6 is 23.8 Å². The number of nitrogens with one attached hydrogen (secondary N) is 1. The first-order chi connectivity index (χ1) is 8.87. The number of aryl methyl sites for hydroxylation is 1. The third-order valence-electron chi connectivity index (χ3n) is 3.55. The van der Waals surface area contributed by atoms with Crippen molar-refractivity contribution < 1.29 is 4.79 Å². The largest absolute Gasteiger partial charge is 0.392 e. The molecule has 0 saturated heterocycles. The molecule has 19 heavy (non-hydrogen) atoms. The molecule has 0 aliphatic heterocycles. The summed E-state index contributed by atoms with van der Waals surface area (Å²) in [6.07, 6.45) is 1.16. The Hall–Kier alpha value is -1.13. The first-order valence-corrected chi connectivity index (χ1v) is 7.03. The van der Waals surface area contributed by atoms with E-state index in [1.165, 1.54) is 0 Å². The van der Waals surface area contributed by atoms with E-state index in [2.05, 4.69) is 5.32 Å². The van der Waals surface area contributed by atoms with Gasteiger partial charge >= 0.3 is 0 Å². The number of carbonyl (C=O) groups excluding carboxylic acids is 1. The Kier molecular flexibility index (Phi) is 5.32. The number of hydrogen-bond acceptors (Lipinski definition) is 2. The second-order valence-electron chi connectivity index (χ2n) is 4.57. The van der Waals surface area contributed by atoms with Crippen LogP contribution < -0.4 is 11.1 Å². The van der Waals surface area contributed by atoms with Gasteiger partial charge in [-0.3, -0.25) is 4.79 Å². The Morgan fingerprint density at radius 2 is 2.00 bits per heavy atom. The van der Waals surface area contributed by atoms with Gasteiger partial charge < -0.3 is 11.1 Å². The standard InChI is InChI=1S/C14H19ClN2OS/c1-4-14(5-2,12(16)19)13(18)17-11-7-6-10(15)8-9(11)3/h6-8H,4-5H2,1-3H3,(H2,16,19)(H,17,18). The molecule has 0 fully saturated rings. The van der Waals surface area contributed by atoms with Gasteiger partial charge in [0.15, 0.2) is 0 Å². The number of amides is 1. The van der Waals surface area contributed by atoms with Crippen LogP contribution in [0.3, 0.4) is 0 Å². The molecule has 0 atom stereocenters. The van der Waals surface area contributed by atoms with Gasteiger partial charge in [-0.15, -0.1) is 0 Å². The summed E-state index contributed by atoms with van der Waals surface area (Å²) in [5.74, 6) is -0.157. The second kappa shape index (κ2) is 6.35. The minimum Gasteiger partial charge on any atom is -0.392 e. The first kappa shape index (κ1) is 15.9. The van der Waals surface area contributed by atoms with Crippen molar-refractivity contribution >= 4 is 40.4 Å². The van der Waals surface area contributed by atoms with Crippen LogP contribution in [0.2, 0.25) is 5.02 Å². The highest BCUT2D eigenvalue weighted by Crippen LogP contribution is 2.30. The lowest BCUT2D eigenvalue weighted by molar-refractivity contribution is -0.122. The third kappa shape index (κ3) is 3.25. The number of rotatable bonds is 5. The van der Waals surface area contributed by atoms with Crippen molar-refractivity contribution in [3.8, 4) is 0 Å². The molecule has 3 nitrogen and oxygen atoms in total. The SMILES string of the molecule is CCC(CC)(C(=O)Nc1ccc(Cl)cc1C)C(N)=S. The van der Waals surface area contributed by atoms with E-state index in [1.54, 1.807) is 18.2 Å². The van der Waals surface area contributed by atoms with E-state index in [0.29, 0.717) is 17.9 Å². The first-order valence-electron chi connectivity index (χ1n) is 6.25. The fraction of sp³-hybridized carbons (Fsp3) is 0.429. The zero-order valence-corrected chi connectivity index (χ0v) is 13.0. The molecule has 5 heteroatoms. The molecule has 1 amide bonds. The molecular formula is C14H19ClN2OS. The number of halogens is 1. The van der Waals surface area contributed by atoms with Crippen molar-refractivity contribution in [3.05, 3.63) is 28.8 Å². The van der Waals surface area contributed by atoms with E-state index in [9.17, 15) is 4.79 Å². The van der Waals surface area contributed by atoms with Crippen molar-refractivity contribution in [1.82, 2.24) is 0 Å². The van der Waals surface area contributed by atoms with E-state index in [4.69, 9.17) is 29.6 Å². The number of nitrogens with two attached hydrogens (primary N) is 1. The Labute approximate surface area is 124 Å². The van der Waals surface area contributed by atoms with Gasteiger partial charge in [-0.1, -0.05) is 37.7 Å². The van der Waals surface area contributed by atoms with Crippen LogP contribution in [0.5, 0.6) is 0 Å². The van der Waals surface area contributed by atoms with Crippen LogP contribution in [0.25, 0.3) is 0 Å². The fourth-order valence-electron chi connectivity index (χ4n) is 2.04. The van der Waals surface area contributed by atoms with Crippen LogP contribution in [0, 0.1) is 12.3 Å². The molecule has 0 spiro atoms. The highest BCUT2D eigenvalue weighted by atomic mass is 35.5. The number of benzene rings is 1. The predicted octanol–water partition coefficient (Wildman–Crippen LogP) is 3.68. The van der Waals surface area contributed by atoms with Crippen molar-refractivity contribution in [3.63, 3.8) is 0 Å². The van der Waals surface area contributed by atoms with Crippen molar-refractivity contribution in [2.45, 2.75) is 33.6 Å². The number of carbonyl (C=O) groups is 1. The minimum absolute atomic E-state index is 0.157. The van der Waals surface area contributed by atoms with Crippen LogP contribution in [-0.4, -0.2) is 10.9 Å². The maximum Gasteiger partial charge on any atom is 0.237 e. The van der Waals surface area contributed by atoms with Crippen LogP contribution in [0.15, 0.2) is 18.2 Å². The van der Waals surface area contributed by atoms with Gasteiger partial charge in [0.2, 0.25) is 5.91 Å². The van der Waals surface area contributed by atoms with Crippen molar-refractivity contribution in [2.24, 2.45) is 11.1 Å². The number of hydrogen-bond donors (Lipinski definition) is 2. The average molecular weight is 299 g/mol. The Balaban J connectivity index is 3.03. The van der Waals surface area contributed by atoms with Crippen LogP contribution in [0.4, 0.5) is 5.69 Å². The van der Waals surface area contributed by atoms with E-state index < -0.39 is 5.41 Å². The van der Waals surface area contributed by atoms with Gasteiger partial charge in [0, 0.05) is 10.7 Å². The monoisotopic (exact) mass is 298 g/mol. The number of anilines is 1. The Morgan fingerprint density at radius 1 is 1.42 bits per heavy atom. The van der Waals surface area contributed by atoms with Crippen molar-refractivity contribution in [2.75, 3.05) is 5.32 Å². The molecule has 0 bridgehead atoms. The molecular weight excluding hydrogens is 280 g/mol. The average Bonchev–Trinajstić information content (AvgIpc) is 2.34. The lowest BCUT2D eigenvalue weighted by Gasteiger charge is -2.29. The summed E-state index contributed by atoms with van der Waals surface area (Å²) < 4.78 is 0. The molecule has 0 saturated carbocycles. The van der Waals surface area contributed by atoms with Gasteiger partial charge in [0.1, 0.15) is 0 Å². The summed E-state index contributed by atoms with van der Waals surface area (Å²) in [5.41, 5.74) is 6.61. The smallest absolute Gasteiger partial charge is 0.237 e. The molecule has 0 unspecified atom stereocenters. The third-order valence-corrected chi connectivity index (χ3v) is 4.18. The zero-order valence-electron chi connectivity index (χ0n) is 11.4. The zero-order chi connectivity index (χ0) is 14.6. The lowest BCUT2D eigenvalue weighted by Crippen LogP contribution is -2.45. The Morgan fingerprint density at radius 3 is 2.42 bits per heavy atom. The van der Waals surface area contributed by atoms with Gasteiger partial charge in [-0.2, -0.15) is 0 Å². The summed E-state index contributed by atoms with van der Waals surface area (Å²) in [5, 5.41) is 3.54. The highest BCUT2D eigenvalue weighted by Gasteiger charge is 2.38. The van der Waals surface area contributed by atoms with Crippen LogP contribution in [0.1, 0.15) is 32.3 Å². The quantitative estimate of drug-likeness (QED) is 0.815. The summed E-state index contributed by atoms with van der Waals surface area (Å²) >= 11 is 11.0. The van der Waals surface area contributed by atoms with Crippen LogP contribution in [-0.2, 0) is 4.79 Å². The maximum absolute atomic E-state index is 12.5. The maximum atomic E-state index is 12.5. The van der Waals surface area contributed by atoms with Gasteiger partial charge in [0.25, 0.3) is 0 Å². The Bertz CT molecular complexity index is 498. The summed E-state index contributed by atoms with van der Waals surface area (Å²) in [6.45, 7) is 5.72. The molecule has 1 rings (SSSR count). The van der Waals surface area contributed by atoms with E-state index >= 15 is 0 Å². The fourth-order valence-corrected chi connectivity index (χ4v) is 2.65. The van der Waals surface area contributed by atoms with Gasteiger partial charge in [-0.25, -0.2) is 0 Å². The van der Waals surface area contributed by atoms with Gasteiger partial charge in [0.05, 0.1) is 10.4 Å². The predicted molar refractivity (Wildman–Crippen MR) is 84.6 cm³/mol. The highest BCUT2D eigenvalue weighted by molar-refractivity contribution is 7.80. The minimum atomic E-state index is -0.790. The van der Waals surface area contributed by atoms with E-state index in [0.717, 1.165) is 11.3 Å². The lowest BCUT2D eigenvalue weighted by atomic mass is 9.81. The molecule has 0 radical (unpaired) electrons. The molecule has 0 aliphatic rings. The molecule has 0 heterocycles. The second-order valence-corrected chi connectivity index (χ2v) is 5.44. The topological polar surface area (TPSA) is 55.1 Å².